The molecule has 0 atom stereocenters. The molecule has 0 bridgehead atoms. The van der Waals surface area contributed by atoms with Crippen LogP contribution >= 0.6 is 23.2 Å². The Kier molecular flexibility index (Phi) is 7.12. The van der Waals surface area contributed by atoms with Gasteiger partial charge in [0, 0.05) is 12.1 Å². The molecule has 0 saturated heterocycles. The number of amides is 1. The van der Waals surface area contributed by atoms with Crippen LogP contribution in [0.4, 0.5) is 0 Å². The average molecular weight is 382 g/mol. The van der Waals surface area contributed by atoms with Crippen molar-refractivity contribution >= 4 is 29.1 Å². The van der Waals surface area contributed by atoms with Gasteiger partial charge in [0.2, 0.25) is 0 Å². The summed E-state index contributed by atoms with van der Waals surface area (Å²) in [5.74, 6) is 0.0992. The molecule has 2 aromatic rings. The molecule has 0 spiro atoms. The Morgan fingerprint density at radius 1 is 1.12 bits per heavy atom. The zero-order chi connectivity index (χ0) is 18.4. The van der Waals surface area contributed by atoms with Crippen molar-refractivity contribution in [1.82, 2.24) is 5.32 Å². The summed E-state index contributed by atoms with van der Waals surface area (Å²) >= 11 is 12.2. The summed E-state index contributed by atoms with van der Waals surface area (Å²) in [6.07, 6.45) is 0.145. The quantitative estimate of drug-likeness (QED) is 0.744. The minimum atomic E-state index is -0.258. The molecule has 0 heterocycles. The van der Waals surface area contributed by atoms with E-state index < -0.39 is 0 Å². The summed E-state index contributed by atoms with van der Waals surface area (Å²) in [5.41, 5.74) is 2.43. The first-order chi connectivity index (χ1) is 11.9. The molecule has 0 unspecified atom stereocenters. The Hall–Kier alpha value is -1.75. The van der Waals surface area contributed by atoms with E-state index in [0.717, 1.165) is 11.1 Å². The van der Waals surface area contributed by atoms with Crippen LogP contribution in [0.1, 0.15) is 35.3 Å². The largest absolute Gasteiger partial charge is 0.494 e. The molecule has 0 aliphatic heterocycles. The highest BCUT2D eigenvalue weighted by molar-refractivity contribution is 6.37. The van der Waals surface area contributed by atoms with Crippen molar-refractivity contribution in [3.63, 3.8) is 0 Å². The third-order valence-electron chi connectivity index (χ3n) is 3.59. The van der Waals surface area contributed by atoms with Crippen molar-refractivity contribution < 1.29 is 14.3 Å². The van der Waals surface area contributed by atoms with Crippen LogP contribution in [0.25, 0.3) is 0 Å². The van der Waals surface area contributed by atoms with Crippen LogP contribution in [0.5, 0.6) is 5.75 Å². The van der Waals surface area contributed by atoms with E-state index in [1.165, 1.54) is 19.2 Å². The number of methoxy groups -OCH3 is 1. The molecular weight excluding hydrogens is 361 g/mol. The molecule has 1 N–H and O–H groups in total. The molecule has 25 heavy (non-hydrogen) atoms. The Labute approximate surface area is 158 Å². The highest BCUT2D eigenvalue weighted by atomic mass is 35.5. The summed E-state index contributed by atoms with van der Waals surface area (Å²) in [5, 5.41) is 3.48. The molecule has 0 aromatic heterocycles. The van der Waals surface area contributed by atoms with Crippen LogP contribution in [-0.4, -0.2) is 19.1 Å². The predicted molar refractivity (Wildman–Crippen MR) is 101 cm³/mol. The first kappa shape index (κ1) is 19.6. The lowest BCUT2D eigenvalue weighted by atomic mass is 10.1. The van der Waals surface area contributed by atoms with E-state index in [2.05, 4.69) is 5.32 Å². The van der Waals surface area contributed by atoms with E-state index in [1.807, 2.05) is 38.1 Å². The summed E-state index contributed by atoms with van der Waals surface area (Å²) < 4.78 is 10.7. The van der Waals surface area contributed by atoms with Gasteiger partial charge in [-0.05, 0) is 37.1 Å². The third kappa shape index (κ3) is 5.36. The van der Waals surface area contributed by atoms with Crippen molar-refractivity contribution in [3.05, 3.63) is 63.1 Å². The molecule has 2 rings (SSSR count). The number of hydrogen-bond donors (Lipinski definition) is 1. The lowest BCUT2D eigenvalue weighted by molar-refractivity contribution is 0.0651. The Morgan fingerprint density at radius 2 is 1.72 bits per heavy atom. The first-order valence-electron chi connectivity index (χ1n) is 7.92. The molecule has 2 aromatic carbocycles. The number of halogens is 2. The number of benzene rings is 2. The van der Waals surface area contributed by atoms with Crippen LogP contribution in [0.15, 0.2) is 36.4 Å². The monoisotopic (exact) mass is 381 g/mol. The number of hydrogen-bond acceptors (Lipinski definition) is 3. The van der Waals surface area contributed by atoms with E-state index >= 15 is 0 Å². The Balaban J connectivity index is 2.08. The molecule has 0 aliphatic carbocycles. The Morgan fingerprint density at radius 3 is 2.28 bits per heavy atom. The van der Waals surface area contributed by atoms with Gasteiger partial charge in [0.15, 0.2) is 5.75 Å². The van der Waals surface area contributed by atoms with Gasteiger partial charge in [0.05, 0.1) is 29.9 Å². The average Bonchev–Trinajstić information content (AvgIpc) is 2.58. The zero-order valence-electron chi connectivity index (χ0n) is 14.4. The second kappa shape index (κ2) is 9.09. The van der Waals surface area contributed by atoms with E-state index in [9.17, 15) is 4.79 Å². The van der Waals surface area contributed by atoms with Gasteiger partial charge in [-0.2, -0.15) is 0 Å². The molecular formula is C19H21Cl2NO3. The van der Waals surface area contributed by atoms with E-state index in [4.69, 9.17) is 32.7 Å². The highest BCUT2D eigenvalue weighted by Gasteiger charge is 2.14. The van der Waals surface area contributed by atoms with Crippen LogP contribution in [0.3, 0.4) is 0 Å². The van der Waals surface area contributed by atoms with Crippen LogP contribution < -0.4 is 10.1 Å². The maximum absolute atomic E-state index is 12.4. The van der Waals surface area contributed by atoms with E-state index in [0.29, 0.717) is 34.5 Å². The van der Waals surface area contributed by atoms with Crippen molar-refractivity contribution in [1.29, 1.82) is 0 Å². The maximum Gasteiger partial charge on any atom is 0.251 e. The second-order valence-electron chi connectivity index (χ2n) is 5.78. The van der Waals surface area contributed by atoms with Gasteiger partial charge in [0.25, 0.3) is 5.91 Å². The molecule has 6 heteroatoms. The molecule has 1 amide bonds. The number of nitrogens with one attached hydrogen (secondary N) is 1. The molecule has 4 nitrogen and oxygen atoms in total. The fraction of sp³-hybridized carbons (Fsp3) is 0.316. The third-order valence-corrected chi connectivity index (χ3v) is 4.16. The molecule has 0 aliphatic rings. The molecule has 0 saturated carbocycles. The van der Waals surface area contributed by atoms with Gasteiger partial charge in [-0.25, -0.2) is 0 Å². The normalized spacial score (nSPS) is 10.8. The molecule has 134 valence electrons. The minimum Gasteiger partial charge on any atom is -0.494 e. The molecule has 0 radical (unpaired) electrons. The van der Waals surface area contributed by atoms with Crippen LogP contribution in [-0.2, 0) is 17.9 Å². The summed E-state index contributed by atoms with van der Waals surface area (Å²) in [7, 11) is 1.48. The summed E-state index contributed by atoms with van der Waals surface area (Å²) in [6.45, 7) is 4.87. The lowest BCUT2D eigenvalue weighted by Crippen LogP contribution is -2.23. The van der Waals surface area contributed by atoms with E-state index in [-0.39, 0.29) is 12.0 Å². The predicted octanol–water partition coefficient (Wildman–Crippen LogP) is 4.86. The van der Waals surface area contributed by atoms with Crippen LogP contribution in [0, 0.1) is 0 Å². The van der Waals surface area contributed by atoms with Gasteiger partial charge in [0.1, 0.15) is 0 Å². The second-order valence-corrected chi connectivity index (χ2v) is 6.60. The van der Waals surface area contributed by atoms with Crippen molar-refractivity contribution in [2.24, 2.45) is 0 Å². The van der Waals surface area contributed by atoms with Crippen molar-refractivity contribution in [2.45, 2.75) is 33.1 Å². The number of carbonyl (C=O) groups excluding carboxylic acids is 1. The highest BCUT2D eigenvalue weighted by Crippen LogP contribution is 2.33. The van der Waals surface area contributed by atoms with E-state index in [1.54, 1.807) is 0 Å². The van der Waals surface area contributed by atoms with Gasteiger partial charge in [-0.3, -0.25) is 4.79 Å². The number of carbonyl (C=O) groups is 1. The topological polar surface area (TPSA) is 47.6 Å². The smallest absolute Gasteiger partial charge is 0.251 e. The fourth-order valence-corrected chi connectivity index (χ4v) is 2.93. The summed E-state index contributed by atoms with van der Waals surface area (Å²) in [6, 6.07) is 10.9. The van der Waals surface area contributed by atoms with Crippen LogP contribution in [0.2, 0.25) is 10.0 Å². The van der Waals surface area contributed by atoms with Crippen molar-refractivity contribution in [2.75, 3.05) is 7.11 Å². The lowest BCUT2D eigenvalue weighted by Gasteiger charge is -2.13. The van der Waals surface area contributed by atoms with Gasteiger partial charge >= 0.3 is 0 Å². The number of ether oxygens (including phenoxy) is 2. The maximum atomic E-state index is 12.4. The van der Waals surface area contributed by atoms with Crippen molar-refractivity contribution in [3.8, 4) is 5.75 Å². The molecule has 0 fully saturated rings. The zero-order valence-corrected chi connectivity index (χ0v) is 15.9. The number of rotatable bonds is 7. The standard InChI is InChI=1S/C19H21Cl2NO3/c1-12(2)25-11-14-7-5-4-6-13(14)10-22-19(23)15-8-16(20)18(24-3)17(21)9-15/h4-9,12H,10-11H2,1-3H3,(H,22,23). The van der Waals surface area contributed by atoms with Gasteiger partial charge in [-0.15, -0.1) is 0 Å². The van der Waals surface area contributed by atoms with Gasteiger partial charge in [-0.1, -0.05) is 47.5 Å². The Bertz CT molecular complexity index is 724. The summed E-state index contributed by atoms with van der Waals surface area (Å²) in [4.78, 5) is 12.4. The minimum absolute atomic E-state index is 0.145. The fourth-order valence-electron chi connectivity index (χ4n) is 2.29. The SMILES string of the molecule is COc1c(Cl)cc(C(=O)NCc2ccccc2COC(C)C)cc1Cl. The first-order valence-corrected chi connectivity index (χ1v) is 8.67. The van der Waals surface area contributed by atoms with Gasteiger partial charge < -0.3 is 14.8 Å².